The van der Waals surface area contributed by atoms with Gasteiger partial charge in [0.05, 0.1) is 5.69 Å². The van der Waals surface area contributed by atoms with Crippen molar-refractivity contribution in [3.63, 3.8) is 0 Å². The molecule has 0 aliphatic heterocycles. The van der Waals surface area contributed by atoms with E-state index in [1.165, 1.54) is 30.3 Å². The second-order valence-corrected chi connectivity index (χ2v) is 2.60. The average molecular weight is 217 g/mol. The number of isocyanates is 1. The van der Waals surface area contributed by atoms with Crippen LogP contribution in [0.5, 0.6) is 5.75 Å². The summed E-state index contributed by atoms with van der Waals surface area (Å²) in [6.45, 7) is -1.37. The lowest BCUT2D eigenvalue weighted by atomic mass is 10.3. The molecule has 0 amide bonds. The molecule has 0 aliphatic carbocycles. The quantitative estimate of drug-likeness (QED) is 0.576. The minimum atomic E-state index is -4.38. The normalized spacial score (nSPS) is 10.6. The van der Waals surface area contributed by atoms with Crippen molar-refractivity contribution in [3.8, 4) is 5.75 Å². The Labute approximate surface area is 83.2 Å². The summed E-state index contributed by atoms with van der Waals surface area (Å²) in [5.74, 6) is 0.00354. The fraction of sp³-hybridized carbons (Fsp3) is 0.222. The van der Waals surface area contributed by atoms with Crippen LogP contribution in [0.15, 0.2) is 29.3 Å². The van der Waals surface area contributed by atoms with Gasteiger partial charge in [-0.1, -0.05) is 6.07 Å². The number of halogens is 3. The molecule has 15 heavy (non-hydrogen) atoms. The highest BCUT2D eigenvalue weighted by Gasteiger charge is 2.28. The molecule has 0 saturated heterocycles. The summed E-state index contributed by atoms with van der Waals surface area (Å²) in [5.41, 5.74) is 0.199. The van der Waals surface area contributed by atoms with Crippen molar-refractivity contribution in [1.29, 1.82) is 0 Å². The van der Waals surface area contributed by atoms with Crippen LogP contribution in [0.3, 0.4) is 0 Å². The van der Waals surface area contributed by atoms with Gasteiger partial charge in [0.1, 0.15) is 5.75 Å². The van der Waals surface area contributed by atoms with Crippen molar-refractivity contribution in [2.45, 2.75) is 6.18 Å². The van der Waals surface area contributed by atoms with Crippen LogP contribution in [-0.2, 0) is 4.79 Å². The highest BCUT2D eigenvalue weighted by atomic mass is 19.4. The van der Waals surface area contributed by atoms with Crippen LogP contribution in [0.2, 0.25) is 0 Å². The first kappa shape index (κ1) is 11.3. The van der Waals surface area contributed by atoms with Gasteiger partial charge in [-0.25, -0.2) is 4.79 Å². The van der Waals surface area contributed by atoms with Gasteiger partial charge in [-0.15, -0.1) is 0 Å². The second-order valence-electron chi connectivity index (χ2n) is 2.60. The van der Waals surface area contributed by atoms with Crippen LogP contribution >= 0.6 is 0 Å². The van der Waals surface area contributed by atoms with Gasteiger partial charge in [-0.2, -0.15) is 18.2 Å². The Kier molecular flexibility index (Phi) is 3.46. The van der Waals surface area contributed by atoms with E-state index in [0.717, 1.165) is 0 Å². The van der Waals surface area contributed by atoms with Gasteiger partial charge >= 0.3 is 6.18 Å². The van der Waals surface area contributed by atoms with Crippen LogP contribution < -0.4 is 4.74 Å². The van der Waals surface area contributed by atoms with Crippen LogP contribution in [0.1, 0.15) is 0 Å². The lowest BCUT2D eigenvalue weighted by molar-refractivity contribution is -0.153. The van der Waals surface area contributed by atoms with E-state index in [1.54, 1.807) is 0 Å². The third-order valence-electron chi connectivity index (χ3n) is 1.39. The van der Waals surface area contributed by atoms with Crippen molar-refractivity contribution in [2.24, 2.45) is 4.99 Å². The average Bonchev–Trinajstić information content (AvgIpc) is 2.15. The monoisotopic (exact) mass is 217 g/mol. The number of aliphatic imine (C=N–C) groups is 1. The molecule has 3 nitrogen and oxygen atoms in total. The number of hydrogen-bond acceptors (Lipinski definition) is 3. The molecule has 0 unspecified atom stereocenters. The fourth-order valence-electron chi connectivity index (χ4n) is 0.861. The first-order chi connectivity index (χ1) is 7.01. The maximum Gasteiger partial charge on any atom is 0.422 e. The molecule has 0 radical (unpaired) electrons. The zero-order valence-corrected chi connectivity index (χ0v) is 7.41. The van der Waals surface area contributed by atoms with Gasteiger partial charge < -0.3 is 4.74 Å². The first-order valence-electron chi connectivity index (χ1n) is 3.89. The summed E-state index contributed by atoms with van der Waals surface area (Å²) in [6.07, 6.45) is -3.10. The number of benzene rings is 1. The maximum absolute atomic E-state index is 11.8. The lowest BCUT2D eigenvalue weighted by Crippen LogP contribution is -2.19. The number of alkyl halides is 3. The molecule has 6 heteroatoms. The number of hydrogen-bond donors (Lipinski definition) is 0. The number of rotatable bonds is 3. The van der Waals surface area contributed by atoms with Gasteiger partial charge in [-0.3, -0.25) is 0 Å². The molecule has 0 N–H and O–H groups in total. The predicted octanol–water partition coefficient (Wildman–Crippen LogP) is 2.60. The van der Waals surface area contributed by atoms with Crippen molar-refractivity contribution >= 4 is 11.8 Å². The fourth-order valence-corrected chi connectivity index (χ4v) is 0.861. The molecular formula is C9H6F3NO2. The third kappa shape index (κ3) is 4.28. The first-order valence-corrected chi connectivity index (χ1v) is 3.89. The van der Waals surface area contributed by atoms with E-state index in [-0.39, 0.29) is 11.4 Å². The zero-order valence-electron chi connectivity index (χ0n) is 7.41. The Hall–Kier alpha value is -1.81. The summed E-state index contributed by atoms with van der Waals surface area (Å²) < 4.78 is 39.8. The van der Waals surface area contributed by atoms with Crippen molar-refractivity contribution < 1.29 is 22.7 Å². The highest BCUT2D eigenvalue weighted by molar-refractivity contribution is 5.51. The molecule has 0 saturated carbocycles. The summed E-state index contributed by atoms with van der Waals surface area (Å²) >= 11 is 0. The van der Waals surface area contributed by atoms with Crippen molar-refractivity contribution in [2.75, 3.05) is 6.61 Å². The highest BCUT2D eigenvalue weighted by Crippen LogP contribution is 2.22. The SMILES string of the molecule is O=C=Nc1cccc(OCC(F)(F)F)c1. The van der Waals surface area contributed by atoms with E-state index in [9.17, 15) is 18.0 Å². The van der Waals surface area contributed by atoms with Crippen LogP contribution in [0, 0.1) is 0 Å². The molecule has 1 aromatic rings. The summed E-state index contributed by atoms with van der Waals surface area (Å²) in [4.78, 5) is 13.1. The number of ether oxygens (including phenoxy) is 1. The second kappa shape index (κ2) is 4.61. The smallest absolute Gasteiger partial charge is 0.422 e. The molecule has 1 rings (SSSR count). The minimum absolute atomic E-state index is 0.00354. The van der Waals surface area contributed by atoms with Crippen LogP contribution in [0.4, 0.5) is 18.9 Å². The van der Waals surface area contributed by atoms with E-state index >= 15 is 0 Å². The van der Waals surface area contributed by atoms with E-state index in [0.29, 0.717) is 0 Å². The van der Waals surface area contributed by atoms with Gasteiger partial charge in [0.2, 0.25) is 6.08 Å². The standard InChI is InChI=1S/C9H6F3NO2/c10-9(11,12)5-15-8-3-1-2-7(4-8)13-6-14/h1-4H,5H2. The Morgan fingerprint density at radius 2 is 2.13 bits per heavy atom. The molecular weight excluding hydrogens is 211 g/mol. The molecule has 0 aromatic heterocycles. The van der Waals surface area contributed by atoms with E-state index in [4.69, 9.17) is 0 Å². The van der Waals surface area contributed by atoms with Crippen LogP contribution in [0.25, 0.3) is 0 Å². The van der Waals surface area contributed by atoms with Crippen molar-refractivity contribution in [3.05, 3.63) is 24.3 Å². The topological polar surface area (TPSA) is 38.7 Å². The minimum Gasteiger partial charge on any atom is -0.484 e. The molecule has 0 fully saturated rings. The zero-order chi connectivity index (χ0) is 11.3. The number of nitrogens with zero attached hydrogens (tertiary/aromatic N) is 1. The van der Waals surface area contributed by atoms with Gasteiger partial charge in [0.25, 0.3) is 0 Å². The largest absolute Gasteiger partial charge is 0.484 e. The summed E-state index contributed by atoms with van der Waals surface area (Å²) in [7, 11) is 0. The molecule has 0 atom stereocenters. The summed E-state index contributed by atoms with van der Waals surface area (Å²) in [5, 5.41) is 0. The Bertz CT molecular complexity index is 383. The third-order valence-corrected chi connectivity index (χ3v) is 1.39. The van der Waals surface area contributed by atoms with E-state index in [1.807, 2.05) is 0 Å². The number of carbonyl (C=O) groups excluding carboxylic acids is 1. The van der Waals surface area contributed by atoms with Gasteiger partial charge in [0.15, 0.2) is 6.61 Å². The Balaban J connectivity index is 2.70. The maximum atomic E-state index is 11.8. The van der Waals surface area contributed by atoms with Gasteiger partial charge in [0, 0.05) is 6.07 Å². The van der Waals surface area contributed by atoms with Crippen molar-refractivity contribution in [1.82, 2.24) is 0 Å². The molecule has 0 aliphatic rings. The van der Waals surface area contributed by atoms with Gasteiger partial charge in [-0.05, 0) is 12.1 Å². The molecule has 1 aromatic carbocycles. The summed E-state index contributed by atoms with van der Waals surface area (Å²) in [6, 6.07) is 5.44. The molecule has 0 bridgehead atoms. The Morgan fingerprint density at radius 1 is 1.40 bits per heavy atom. The predicted molar refractivity (Wildman–Crippen MR) is 45.8 cm³/mol. The molecule has 80 valence electrons. The van der Waals surface area contributed by atoms with Crippen LogP contribution in [-0.4, -0.2) is 18.9 Å². The molecule has 0 heterocycles. The van der Waals surface area contributed by atoms with E-state index in [2.05, 4.69) is 9.73 Å². The lowest BCUT2D eigenvalue weighted by Gasteiger charge is -2.08. The van der Waals surface area contributed by atoms with E-state index < -0.39 is 12.8 Å². The Morgan fingerprint density at radius 3 is 2.73 bits per heavy atom. The molecule has 0 spiro atoms.